The van der Waals surface area contributed by atoms with Crippen molar-refractivity contribution in [3.05, 3.63) is 52.3 Å². The van der Waals surface area contributed by atoms with Gasteiger partial charge in [-0.3, -0.25) is 14.5 Å². The highest BCUT2D eigenvalue weighted by molar-refractivity contribution is 5.99. The molecule has 0 aliphatic rings. The second-order valence-electron chi connectivity index (χ2n) is 3.83. The number of aromatic nitrogens is 1. The van der Waals surface area contributed by atoms with Gasteiger partial charge < -0.3 is 15.2 Å². The molecule has 1 aromatic heterocycles. The molecule has 0 aliphatic carbocycles. The second-order valence-corrected chi connectivity index (χ2v) is 3.83. The van der Waals surface area contributed by atoms with E-state index in [9.17, 15) is 19.5 Å². The van der Waals surface area contributed by atoms with Gasteiger partial charge in [-0.2, -0.15) is 0 Å². The van der Waals surface area contributed by atoms with Crippen LogP contribution in [0.3, 0.4) is 0 Å². The Bertz CT molecular complexity index is 723. The van der Waals surface area contributed by atoms with E-state index >= 15 is 0 Å². The molecule has 2 rings (SSSR count). The van der Waals surface area contributed by atoms with Gasteiger partial charge in [0.1, 0.15) is 17.1 Å². The number of carbonyl (C=O) groups is 2. The van der Waals surface area contributed by atoms with E-state index in [1.54, 1.807) is 12.1 Å². The number of aromatic amines is 1. The van der Waals surface area contributed by atoms with E-state index in [4.69, 9.17) is 5.11 Å². The van der Waals surface area contributed by atoms with E-state index in [-0.39, 0.29) is 17.3 Å². The molecule has 1 heterocycles. The van der Waals surface area contributed by atoms with Crippen LogP contribution in [0.2, 0.25) is 0 Å². The van der Waals surface area contributed by atoms with Crippen LogP contribution in [0, 0.1) is 0 Å². The van der Waals surface area contributed by atoms with Gasteiger partial charge in [0.05, 0.1) is 5.69 Å². The van der Waals surface area contributed by atoms with Crippen molar-refractivity contribution in [1.29, 1.82) is 0 Å². The fraction of sp³-hybridized carbons (Fsp3) is 0. The van der Waals surface area contributed by atoms with Crippen LogP contribution >= 0.6 is 0 Å². The Balaban J connectivity index is 2.68. The molecule has 1 amide bonds. The highest BCUT2D eigenvalue weighted by atomic mass is 16.4. The summed E-state index contributed by atoms with van der Waals surface area (Å²) in [5.74, 6) is -1.91. The number of para-hydroxylation sites is 2. The largest absolute Gasteiger partial charge is 0.506 e. The summed E-state index contributed by atoms with van der Waals surface area (Å²) in [7, 11) is 0. The molecule has 0 saturated heterocycles. The lowest BCUT2D eigenvalue weighted by molar-refractivity contribution is -0.106. The number of carbonyl (C=O) groups excluding carboxylic acids is 1. The summed E-state index contributed by atoms with van der Waals surface area (Å²) < 4.78 is 0. The van der Waals surface area contributed by atoms with Crippen molar-refractivity contribution in [3.8, 4) is 5.75 Å². The minimum absolute atomic E-state index is 0.0619. The average molecular weight is 274 g/mol. The van der Waals surface area contributed by atoms with Crippen molar-refractivity contribution < 1.29 is 19.8 Å². The predicted molar refractivity (Wildman–Crippen MR) is 70.3 cm³/mol. The monoisotopic (exact) mass is 274 g/mol. The van der Waals surface area contributed by atoms with Crippen molar-refractivity contribution in [2.45, 2.75) is 0 Å². The zero-order valence-corrected chi connectivity index (χ0v) is 10.1. The number of phenolic OH excluding ortho intramolecular Hbond substituents is 1. The Morgan fingerprint density at radius 3 is 2.55 bits per heavy atom. The molecule has 0 unspecified atom stereocenters. The van der Waals surface area contributed by atoms with E-state index < -0.39 is 17.0 Å². The number of H-pyrrole nitrogens is 1. The summed E-state index contributed by atoms with van der Waals surface area (Å²) in [6, 6.07) is 6.91. The van der Waals surface area contributed by atoms with Gasteiger partial charge in [-0.15, -0.1) is 0 Å². The molecule has 7 heteroatoms. The van der Waals surface area contributed by atoms with Gasteiger partial charge >= 0.3 is 5.97 Å². The third-order valence-corrected chi connectivity index (χ3v) is 2.64. The maximum absolute atomic E-state index is 11.6. The molecule has 0 bridgehead atoms. The van der Waals surface area contributed by atoms with E-state index in [0.29, 0.717) is 6.41 Å². The Hall–Kier alpha value is -3.09. The molecule has 0 saturated carbocycles. The molecule has 7 nitrogen and oxygen atoms in total. The topological polar surface area (TPSA) is 111 Å². The molecule has 102 valence electrons. The highest BCUT2D eigenvalue weighted by Gasteiger charge is 2.22. The number of carboxylic acids is 1. The van der Waals surface area contributed by atoms with Crippen LogP contribution in [0.4, 0.5) is 11.5 Å². The van der Waals surface area contributed by atoms with Crippen molar-refractivity contribution in [3.63, 3.8) is 0 Å². The fourth-order valence-electron chi connectivity index (χ4n) is 1.76. The summed E-state index contributed by atoms with van der Waals surface area (Å²) in [5.41, 5.74) is -1.26. The van der Waals surface area contributed by atoms with Crippen molar-refractivity contribution in [2.75, 3.05) is 4.90 Å². The first-order valence-electron chi connectivity index (χ1n) is 5.53. The number of rotatable bonds is 4. The van der Waals surface area contributed by atoms with E-state index in [1.165, 1.54) is 18.3 Å². The smallest absolute Gasteiger partial charge is 0.343 e. The minimum Gasteiger partial charge on any atom is -0.506 e. The van der Waals surface area contributed by atoms with Crippen molar-refractivity contribution in [1.82, 2.24) is 4.98 Å². The number of anilines is 2. The molecule has 2 aromatic rings. The summed E-state index contributed by atoms with van der Waals surface area (Å²) in [5, 5.41) is 18.8. The molecule has 3 N–H and O–H groups in total. The maximum atomic E-state index is 11.6. The van der Waals surface area contributed by atoms with Crippen LogP contribution in [0.5, 0.6) is 5.75 Å². The number of carboxylic acid groups (broad SMARTS) is 1. The van der Waals surface area contributed by atoms with E-state index in [2.05, 4.69) is 4.98 Å². The molecular formula is C13H10N2O5. The summed E-state index contributed by atoms with van der Waals surface area (Å²) in [6.07, 6.45) is 1.54. The molecule has 0 spiro atoms. The lowest BCUT2D eigenvalue weighted by Gasteiger charge is -2.19. The molecule has 1 aromatic carbocycles. The van der Waals surface area contributed by atoms with Gasteiger partial charge in [0.2, 0.25) is 6.41 Å². The van der Waals surface area contributed by atoms with Gasteiger partial charge in [0.15, 0.2) is 5.43 Å². The number of hydrogen-bond donors (Lipinski definition) is 3. The summed E-state index contributed by atoms with van der Waals surface area (Å²) in [4.78, 5) is 37.4. The number of amides is 1. The first-order chi connectivity index (χ1) is 9.56. The third-order valence-electron chi connectivity index (χ3n) is 2.64. The Labute approximate surface area is 112 Å². The zero-order chi connectivity index (χ0) is 14.7. The van der Waals surface area contributed by atoms with Crippen molar-refractivity contribution in [2.24, 2.45) is 0 Å². The number of hydrogen-bond acceptors (Lipinski definition) is 4. The fourth-order valence-corrected chi connectivity index (χ4v) is 1.76. The van der Waals surface area contributed by atoms with Crippen LogP contribution in [0.15, 0.2) is 41.3 Å². The molecule has 0 atom stereocenters. The van der Waals surface area contributed by atoms with Crippen LogP contribution < -0.4 is 10.3 Å². The lowest BCUT2D eigenvalue weighted by Crippen LogP contribution is -2.24. The SMILES string of the molecule is O=CN(c1ccccc1O)c1[nH]ccc(=O)c1C(=O)O. The van der Waals surface area contributed by atoms with Crippen LogP contribution in [-0.2, 0) is 4.79 Å². The number of aromatic carboxylic acids is 1. The number of phenols is 1. The highest BCUT2D eigenvalue weighted by Crippen LogP contribution is 2.31. The summed E-state index contributed by atoms with van der Waals surface area (Å²) in [6.45, 7) is 0. The van der Waals surface area contributed by atoms with Gasteiger partial charge in [-0.05, 0) is 12.1 Å². The van der Waals surface area contributed by atoms with E-state index in [0.717, 1.165) is 11.0 Å². The number of benzene rings is 1. The Morgan fingerprint density at radius 2 is 1.95 bits per heavy atom. The van der Waals surface area contributed by atoms with Gasteiger partial charge in [-0.25, -0.2) is 4.79 Å². The first-order valence-corrected chi connectivity index (χ1v) is 5.53. The zero-order valence-electron chi connectivity index (χ0n) is 10.1. The lowest BCUT2D eigenvalue weighted by atomic mass is 10.2. The first kappa shape index (κ1) is 13.3. The molecule has 0 aliphatic heterocycles. The third kappa shape index (κ3) is 2.24. The Morgan fingerprint density at radius 1 is 1.25 bits per heavy atom. The quantitative estimate of drug-likeness (QED) is 0.722. The minimum atomic E-state index is -1.47. The summed E-state index contributed by atoms with van der Waals surface area (Å²) >= 11 is 0. The molecule has 0 radical (unpaired) electrons. The van der Waals surface area contributed by atoms with Gasteiger partial charge in [0, 0.05) is 12.3 Å². The molecule has 20 heavy (non-hydrogen) atoms. The molecule has 0 fully saturated rings. The van der Waals surface area contributed by atoms with Crippen LogP contribution in [-0.4, -0.2) is 27.6 Å². The number of aromatic hydroxyl groups is 1. The molecular weight excluding hydrogens is 264 g/mol. The van der Waals surface area contributed by atoms with E-state index in [1.807, 2.05) is 0 Å². The number of nitrogens with zero attached hydrogens (tertiary/aromatic N) is 1. The van der Waals surface area contributed by atoms with Gasteiger partial charge in [-0.1, -0.05) is 12.1 Å². The normalized spacial score (nSPS) is 10.0. The second kappa shape index (κ2) is 5.27. The Kier molecular flexibility index (Phi) is 3.52. The van der Waals surface area contributed by atoms with Crippen LogP contribution in [0.25, 0.3) is 0 Å². The number of nitrogens with one attached hydrogen (secondary N) is 1. The van der Waals surface area contributed by atoms with Crippen LogP contribution in [0.1, 0.15) is 10.4 Å². The van der Waals surface area contributed by atoms with Gasteiger partial charge in [0.25, 0.3) is 0 Å². The maximum Gasteiger partial charge on any atom is 0.343 e. The standard InChI is InChI=1S/C13H10N2O5/c16-7-15(8-3-1-2-4-9(8)17)12-11(13(19)20)10(18)5-6-14-12/h1-7,17H,(H,14,18)(H,19,20). The number of pyridine rings is 1. The van der Waals surface area contributed by atoms with Crippen molar-refractivity contribution >= 4 is 23.9 Å². The average Bonchev–Trinajstić information content (AvgIpc) is 2.41. The predicted octanol–water partition coefficient (Wildman–Crippen LogP) is 1.07.